The number of hydrogen-bond donors (Lipinski definition) is 2. The van der Waals surface area contributed by atoms with Crippen molar-refractivity contribution in [3.05, 3.63) is 59.4 Å². The average molecular weight is 340 g/mol. The molecule has 24 heavy (non-hydrogen) atoms. The van der Waals surface area contributed by atoms with E-state index in [1.807, 2.05) is 37.3 Å². The van der Waals surface area contributed by atoms with Crippen LogP contribution in [0.25, 0.3) is 0 Å². The quantitative estimate of drug-likeness (QED) is 0.898. The molecule has 0 fully saturated rings. The van der Waals surface area contributed by atoms with Gasteiger partial charge in [-0.3, -0.25) is 14.8 Å². The molecule has 0 aliphatic carbocycles. The maximum Gasteiger partial charge on any atom is 0.257 e. The van der Waals surface area contributed by atoms with Crippen molar-refractivity contribution < 1.29 is 4.79 Å². The zero-order valence-corrected chi connectivity index (χ0v) is 14.6. The van der Waals surface area contributed by atoms with Crippen LogP contribution in [0.1, 0.15) is 35.0 Å². The normalized spacial score (nSPS) is 20.3. The second-order valence-electron chi connectivity index (χ2n) is 6.05. The van der Waals surface area contributed by atoms with Gasteiger partial charge in [-0.25, -0.2) is 0 Å². The van der Waals surface area contributed by atoms with Gasteiger partial charge in [-0.1, -0.05) is 23.9 Å². The van der Waals surface area contributed by atoms with Gasteiger partial charge in [-0.2, -0.15) is 0 Å². The lowest BCUT2D eigenvalue weighted by molar-refractivity contribution is 0.102. The molecule has 0 spiro atoms. The number of carbonyl (C=O) groups is 1. The second-order valence-corrected chi connectivity index (χ2v) is 7.16. The van der Waals surface area contributed by atoms with Crippen molar-refractivity contribution in [2.45, 2.75) is 25.8 Å². The lowest BCUT2D eigenvalue weighted by Gasteiger charge is -2.30. The molecule has 0 saturated carbocycles. The van der Waals surface area contributed by atoms with Gasteiger partial charge < -0.3 is 11.1 Å². The zero-order valence-electron chi connectivity index (χ0n) is 13.7. The Bertz CT molecular complexity index is 788. The molecular weight excluding hydrogens is 320 g/mol. The summed E-state index contributed by atoms with van der Waals surface area (Å²) < 4.78 is 0. The molecule has 1 aromatic heterocycles. The number of amides is 1. The van der Waals surface area contributed by atoms with Crippen LogP contribution in [0.5, 0.6) is 0 Å². The number of aromatic nitrogens is 1. The molecule has 2 heterocycles. The van der Waals surface area contributed by atoms with Crippen LogP contribution in [0.2, 0.25) is 0 Å². The number of carbonyl (C=O) groups excluding carboxylic acids is 1. The first kappa shape index (κ1) is 16.5. The third-order valence-corrected chi connectivity index (χ3v) is 4.91. The predicted octanol–water partition coefficient (Wildman–Crippen LogP) is 3.31. The topological polar surface area (TPSA) is 80.4 Å². The number of amidine groups is 1. The fraction of sp³-hybridized carbons (Fsp3) is 0.278. The number of rotatable bonds is 3. The first-order valence-corrected chi connectivity index (χ1v) is 8.77. The fourth-order valence-corrected chi connectivity index (χ4v) is 3.61. The van der Waals surface area contributed by atoms with Crippen LogP contribution in [0, 0.1) is 6.92 Å². The Balaban J connectivity index is 1.82. The van der Waals surface area contributed by atoms with Gasteiger partial charge >= 0.3 is 0 Å². The van der Waals surface area contributed by atoms with E-state index in [2.05, 4.69) is 22.2 Å². The summed E-state index contributed by atoms with van der Waals surface area (Å²) >= 11 is 1.58. The van der Waals surface area contributed by atoms with Crippen molar-refractivity contribution in [1.82, 2.24) is 4.98 Å². The summed E-state index contributed by atoms with van der Waals surface area (Å²) in [6.45, 7) is 3.96. The van der Waals surface area contributed by atoms with Crippen LogP contribution in [0.4, 0.5) is 5.69 Å². The number of aryl methyl sites for hydroxylation is 1. The third-order valence-electron chi connectivity index (χ3n) is 4.11. The Hall–Kier alpha value is -2.34. The van der Waals surface area contributed by atoms with Gasteiger partial charge in [0.05, 0.1) is 11.1 Å². The predicted molar refractivity (Wildman–Crippen MR) is 99.4 cm³/mol. The molecule has 3 N–H and O–H groups in total. The maximum absolute atomic E-state index is 12.3. The largest absolute Gasteiger partial charge is 0.379 e. The Morgan fingerprint density at radius 1 is 1.33 bits per heavy atom. The number of thioether (sulfide) groups is 1. The number of hydrogen-bond acceptors (Lipinski definition) is 5. The summed E-state index contributed by atoms with van der Waals surface area (Å²) in [4.78, 5) is 21.1. The lowest BCUT2D eigenvalue weighted by atomic mass is 9.89. The number of aliphatic imine (C=N–C) groups is 1. The first-order chi connectivity index (χ1) is 11.5. The van der Waals surface area contributed by atoms with E-state index in [1.54, 1.807) is 24.0 Å². The zero-order chi connectivity index (χ0) is 17.2. The Kier molecular flexibility index (Phi) is 4.57. The van der Waals surface area contributed by atoms with Crippen LogP contribution in [-0.2, 0) is 5.54 Å². The number of benzene rings is 1. The second kappa shape index (κ2) is 6.65. The summed E-state index contributed by atoms with van der Waals surface area (Å²) in [6.07, 6.45) is 2.50. The van der Waals surface area contributed by atoms with E-state index >= 15 is 0 Å². The first-order valence-electron chi connectivity index (χ1n) is 7.79. The summed E-state index contributed by atoms with van der Waals surface area (Å²) in [7, 11) is 0. The van der Waals surface area contributed by atoms with Gasteiger partial charge in [0.2, 0.25) is 0 Å². The summed E-state index contributed by atoms with van der Waals surface area (Å²) in [5.74, 6) is 0.768. The minimum atomic E-state index is -0.346. The van der Waals surface area contributed by atoms with Crippen LogP contribution in [0.15, 0.2) is 47.6 Å². The molecule has 1 atom stereocenters. The Morgan fingerprint density at radius 2 is 2.17 bits per heavy atom. The SMILES string of the molecule is Cc1ccc(C(=O)Nc2cccc(C3(C)CCSC(N)=N3)c2)cn1. The molecule has 1 unspecified atom stereocenters. The number of nitrogens with zero attached hydrogens (tertiary/aromatic N) is 2. The smallest absolute Gasteiger partial charge is 0.257 e. The summed E-state index contributed by atoms with van der Waals surface area (Å²) in [5.41, 5.74) is 8.75. The number of anilines is 1. The lowest BCUT2D eigenvalue weighted by Crippen LogP contribution is -2.28. The monoisotopic (exact) mass is 340 g/mol. The van der Waals surface area contributed by atoms with E-state index < -0.39 is 0 Å². The average Bonchev–Trinajstić information content (AvgIpc) is 2.55. The highest BCUT2D eigenvalue weighted by Crippen LogP contribution is 2.35. The van der Waals surface area contributed by atoms with Gasteiger partial charge in [-0.15, -0.1) is 0 Å². The van der Waals surface area contributed by atoms with E-state index in [-0.39, 0.29) is 11.4 Å². The van der Waals surface area contributed by atoms with Crippen molar-refractivity contribution in [3.8, 4) is 0 Å². The molecule has 1 aromatic carbocycles. The van der Waals surface area contributed by atoms with Crippen LogP contribution in [-0.4, -0.2) is 21.8 Å². The Labute approximate surface area is 145 Å². The van der Waals surface area contributed by atoms with Crippen molar-refractivity contribution in [3.63, 3.8) is 0 Å². The minimum Gasteiger partial charge on any atom is -0.379 e. The van der Waals surface area contributed by atoms with Gasteiger partial charge in [0, 0.05) is 23.3 Å². The molecule has 3 rings (SSSR count). The molecule has 1 amide bonds. The third kappa shape index (κ3) is 3.59. The molecule has 1 aliphatic rings. The standard InChI is InChI=1S/C18H20N4OS/c1-12-6-7-13(11-20-12)16(23)21-15-5-3-4-14(10-15)18(2)8-9-24-17(19)22-18/h3-7,10-11H,8-9H2,1-2H3,(H2,19,22)(H,21,23). The van der Waals surface area contributed by atoms with Gasteiger partial charge in [-0.05, 0) is 50.1 Å². The summed E-state index contributed by atoms with van der Waals surface area (Å²) in [6, 6.07) is 11.4. The molecular formula is C18H20N4OS. The fourth-order valence-electron chi connectivity index (χ4n) is 2.63. The van der Waals surface area contributed by atoms with Crippen molar-refractivity contribution >= 4 is 28.5 Å². The molecule has 5 nitrogen and oxygen atoms in total. The van der Waals surface area contributed by atoms with E-state index in [4.69, 9.17) is 5.73 Å². The Morgan fingerprint density at radius 3 is 2.88 bits per heavy atom. The van der Waals surface area contributed by atoms with Crippen molar-refractivity contribution in [2.24, 2.45) is 10.7 Å². The highest BCUT2D eigenvalue weighted by Gasteiger charge is 2.29. The van der Waals surface area contributed by atoms with E-state index in [0.717, 1.165) is 29.1 Å². The van der Waals surface area contributed by atoms with Crippen LogP contribution >= 0.6 is 11.8 Å². The molecule has 124 valence electrons. The molecule has 6 heteroatoms. The van der Waals surface area contributed by atoms with Crippen LogP contribution < -0.4 is 11.1 Å². The molecule has 2 aromatic rings. The van der Waals surface area contributed by atoms with Gasteiger partial charge in [0.15, 0.2) is 5.17 Å². The highest BCUT2D eigenvalue weighted by atomic mass is 32.2. The number of nitrogens with one attached hydrogen (secondary N) is 1. The molecule has 0 saturated heterocycles. The van der Waals surface area contributed by atoms with Crippen LogP contribution in [0.3, 0.4) is 0 Å². The summed E-state index contributed by atoms with van der Waals surface area (Å²) in [5, 5.41) is 3.54. The number of pyridine rings is 1. The molecule has 0 bridgehead atoms. The van der Waals surface area contributed by atoms with Crippen molar-refractivity contribution in [1.29, 1.82) is 0 Å². The molecule has 1 aliphatic heterocycles. The van der Waals surface area contributed by atoms with E-state index in [0.29, 0.717) is 10.7 Å². The minimum absolute atomic E-state index is 0.174. The van der Waals surface area contributed by atoms with Gasteiger partial charge in [0.1, 0.15) is 0 Å². The molecule has 0 radical (unpaired) electrons. The van der Waals surface area contributed by atoms with Gasteiger partial charge in [0.25, 0.3) is 5.91 Å². The maximum atomic E-state index is 12.3. The number of nitrogens with two attached hydrogens (primary N) is 1. The van der Waals surface area contributed by atoms with E-state index in [1.165, 1.54) is 0 Å². The highest BCUT2D eigenvalue weighted by molar-refractivity contribution is 8.13. The van der Waals surface area contributed by atoms with Crippen molar-refractivity contribution in [2.75, 3.05) is 11.1 Å². The van der Waals surface area contributed by atoms with E-state index in [9.17, 15) is 4.79 Å².